The lowest BCUT2D eigenvalue weighted by Gasteiger charge is -2.08. The van der Waals surface area contributed by atoms with Crippen molar-refractivity contribution in [2.24, 2.45) is 0 Å². The molecule has 114 valence electrons. The maximum atomic E-state index is 15.1. The fourth-order valence-electron chi connectivity index (χ4n) is 2.60. The molecule has 0 radical (unpaired) electrons. The van der Waals surface area contributed by atoms with Gasteiger partial charge < -0.3 is 0 Å². The van der Waals surface area contributed by atoms with Crippen LogP contribution in [0.2, 0.25) is 0 Å². The van der Waals surface area contributed by atoms with Crippen LogP contribution >= 0.6 is 0 Å². The Kier molecular flexibility index (Phi) is 3.25. The predicted molar refractivity (Wildman–Crippen MR) is 88.3 cm³/mol. The highest BCUT2D eigenvalue weighted by Gasteiger charge is 2.15. The lowest BCUT2D eigenvalue weighted by molar-refractivity contribution is 0.637. The molecule has 24 heavy (non-hydrogen) atoms. The van der Waals surface area contributed by atoms with E-state index in [9.17, 15) is 0 Å². The summed E-state index contributed by atoms with van der Waals surface area (Å²) < 4.78 is 16.7. The van der Waals surface area contributed by atoms with Gasteiger partial charge in [0, 0.05) is 24.2 Å². The van der Waals surface area contributed by atoms with Crippen LogP contribution in [0.15, 0.2) is 61.3 Å². The Labute approximate surface area is 136 Å². The molecule has 0 amide bonds. The summed E-state index contributed by atoms with van der Waals surface area (Å²) in [7, 11) is 0. The summed E-state index contributed by atoms with van der Waals surface area (Å²) in [6.07, 6.45) is 6.29. The number of nitrogens with zero attached hydrogens (tertiary/aromatic N) is 5. The molecular weight excluding hydrogens is 305 g/mol. The minimum atomic E-state index is -0.383. The van der Waals surface area contributed by atoms with Crippen molar-refractivity contribution >= 4 is 16.7 Å². The van der Waals surface area contributed by atoms with Gasteiger partial charge in [0.2, 0.25) is 0 Å². The molecule has 3 aromatic heterocycles. The van der Waals surface area contributed by atoms with E-state index in [4.69, 9.17) is 6.57 Å². The maximum absolute atomic E-state index is 15.1. The number of benzene rings is 1. The first-order chi connectivity index (χ1) is 11.8. The van der Waals surface area contributed by atoms with E-state index in [1.54, 1.807) is 53.4 Å². The van der Waals surface area contributed by atoms with E-state index in [1.165, 1.54) is 12.5 Å². The first-order valence-electron chi connectivity index (χ1n) is 7.18. The molecule has 3 heterocycles. The molecule has 0 unspecified atom stereocenters. The molecule has 0 atom stereocenters. The minimum absolute atomic E-state index is 0.332. The van der Waals surface area contributed by atoms with Crippen LogP contribution in [0.1, 0.15) is 0 Å². The Bertz CT molecular complexity index is 1080. The van der Waals surface area contributed by atoms with Crippen LogP contribution in [0.4, 0.5) is 10.1 Å². The maximum Gasteiger partial charge on any atom is 0.192 e. The first kappa shape index (κ1) is 14.0. The molecule has 0 aliphatic rings. The molecule has 0 aliphatic carbocycles. The first-order valence-corrected chi connectivity index (χ1v) is 7.18. The SMILES string of the molecule is [C-]#[N+]c1ccnc(-n2cnc3ccc(-c4ccncc4)c(F)c32)c1. The Morgan fingerprint density at radius 1 is 1.00 bits per heavy atom. The summed E-state index contributed by atoms with van der Waals surface area (Å²) in [6.45, 7) is 7.11. The van der Waals surface area contributed by atoms with Gasteiger partial charge in [-0.2, -0.15) is 0 Å². The molecule has 6 heteroatoms. The molecule has 0 spiro atoms. The summed E-state index contributed by atoms with van der Waals surface area (Å²) >= 11 is 0. The Morgan fingerprint density at radius 2 is 1.83 bits per heavy atom. The van der Waals surface area contributed by atoms with Crippen molar-refractivity contribution in [3.63, 3.8) is 0 Å². The minimum Gasteiger partial charge on any atom is -0.281 e. The van der Waals surface area contributed by atoms with E-state index in [0.29, 0.717) is 28.1 Å². The van der Waals surface area contributed by atoms with Crippen molar-refractivity contribution < 1.29 is 4.39 Å². The molecule has 0 bridgehead atoms. The highest BCUT2D eigenvalue weighted by molar-refractivity contribution is 5.84. The van der Waals surface area contributed by atoms with Crippen molar-refractivity contribution in [1.29, 1.82) is 0 Å². The normalized spacial score (nSPS) is 10.7. The monoisotopic (exact) mass is 315 g/mol. The van der Waals surface area contributed by atoms with Crippen LogP contribution in [0.25, 0.3) is 32.8 Å². The number of hydrogen-bond donors (Lipinski definition) is 0. The topological polar surface area (TPSA) is 48.0 Å². The predicted octanol–water partition coefficient (Wildman–Crippen LogP) is 4.17. The van der Waals surface area contributed by atoms with E-state index in [0.717, 1.165) is 5.56 Å². The second-order valence-corrected chi connectivity index (χ2v) is 5.13. The number of rotatable bonds is 2. The average Bonchev–Trinajstić information content (AvgIpc) is 3.08. The number of aromatic nitrogens is 4. The molecule has 0 saturated carbocycles. The van der Waals surface area contributed by atoms with Gasteiger partial charge in [-0.25, -0.2) is 19.2 Å². The van der Waals surface area contributed by atoms with Crippen LogP contribution < -0.4 is 0 Å². The smallest absolute Gasteiger partial charge is 0.192 e. The van der Waals surface area contributed by atoms with Gasteiger partial charge >= 0.3 is 0 Å². The van der Waals surface area contributed by atoms with Crippen molar-refractivity contribution in [1.82, 2.24) is 19.5 Å². The largest absolute Gasteiger partial charge is 0.281 e. The van der Waals surface area contributed by atoms with Gasteiger partial charge in [0.05, 0.1) is 12.1 Å². The van der Waals surface area contributed by atoms with Gasteiger partial charge in [0.25, 0.3) is 0 Å². The highest BCUT2D eigenvalue weighted by Crippen LogP contribution is 2.29. The van der Waals surface area contributed by atoms with Crippen LogP contribution in [0.5, 0.6) is 0 Å². The van der Waals surface area contributed by atoms with Crippen LogP contribution in [0, 0.1) is 12.4 Å². The Hall–Kier alpha value is -3.59. The van der Waals surface area contributed by atoms with Crippen LogP contribution in [-0.4, -0.2) is 19.5 Å². The molecule has 4 rings (SSSR count). The number of pyridine rings is 2. The van der Waals surface area contributed by atoms with Gasteiger partial charge in [-0.05, 0) is 42.0 Å². The summed E-state index contributed by atoms with van der Waals surface area (Å²) in [6, 6.07) is 10.2. The third kappa shape index (κ3) is 2.20. The zero-order valence-electron chi connectivity index (χ0n) is 12.4. The number of hydrogen-bond acceptors (Lipinski definition) is 3. The molecule has 0 fully saturated rings. The number of fused-ring (bicyclic) bond motifs is 1. The highest BCUT2D eigenvalue weighted by atomic mass is 19.1. The lowest BCUT2D eigenvalue weighted by atomic mass is 10.1. The van der Waals surface area contributed by atoms with Crippen molar-refractivity contribution in [2.75, 3.05) is 0 Å². The van der Waals surface area contributed by atoms with E-state index in [2.05, 4.69) is 19.8 Å². The molecule has 1 aromatic carbocycles. The molecular formula is C18H10FN5. The summed E-state index contributed by atoms with van der Waals surface area (Å²) in [5.41, 5.74) is 2.50. The average molecular weight is 315 g/mol. The lowest BCUT2D eigenvalue weighted by Crippen LogP contribution is -1.98. The van der Waals surface area contributed by atoms with E-state index in [-0.39, 0.29) is 5.82 Å². The number of imidazole rings is 1. The summed E-state index contributed by atoms with van der Waals surface area (Å²) in [4.78, 5) is 15.8. The third-order valence-electron chi connectivity index (χ3n) is 3.74. The fourth-order valence-corrected chi connectivity index (χ4v) is 2.60. The zero-order valence-corrected chi connectivity index (χ0v) is 12.4. The standard InChI is InChI=1S/C18H10FN5/c1-20-13-6-9-22-16(10-13)24-11-23-15-3-2-14(17(19)18(15)24)12-4-7-21-8-5-12/h2-11H. The van der Waals surface area contributed by atoms with Gasteiger partial charge in [0.15, 0.2) is 11.5 Å². The summed E-state index contributed by atoms with van der Waals surface area (Å²) in [5.74, 6) is 0.0722. The van der Waals surface area contributed by atoms with Crippen molar-refractivity contribution in [3.05, 3.63) is 78.6 Å². The summed E-state index contributed by atoms with van der Waals surface area (Å²) in [5, 5.41) is 0. The third-order valence-corrected chi connectivity index (χ3v) is 3.74. The molecule has 4 aromatic rings. The fraction of sp³-hybridized carbons (Fsp3) is 0. The van der Waals surface area contributed by atoms with E-state index >= 15 is 4.39 Å². The Morgan fingerprint density at radius 3 is 2.62 bits per heavy atom. The van der Waals surface area contributed by atoms with Crippen LogP contribution in [0.3, 0.4) is 0 Å². The second kappa shape index (κ2) is 5.56. The van der Waals surface area contributed by atoms with Gasteiger partial charge in [0.1, 0.15) is 17.7 Å². The van der Waals surface area contributed by atoms with E-state index < -0.39 is 0 Å². The van der Waals surface area contributed by atoms with Gasteiger partial charge in [-0.3, -0.25) is 9.55 Å². The quantitative estimate of drug-likeness (QED) is 0.522. The number of halogens is 1. The molecule has 0 aliphatic heterocycles. The van der Waals surface area contributed by atoms with Gasteiger partial charge in [-0.1, -0.05) is 0 Å². The van der Waals surface area contributed by atoms with Gasteiger partial charge in [-0.15, -0.1) is 0 Å². The second-order valence-electron chi connectivity index (χ2n) is 5.13. The molecule has 0 saturated heterocycles. The van der Waals surface area contributed by atoms with E-state index in [1.807, 2.05) is 0 Å². The Balaban J connectivity index is 1.97. The van der Waals surface area contributed by atoms with Crippen molar-refractivity contribution in [3.8, 4) is 16.9 Å². The van der Waals surface area contributed by atoms with Crippen molar-refractivity contribution in [2.45, 2.75) is 0 Å². The zero-order chi connectivity index (χ0) is 16.5. The molecule has 5 nitrogen and oxygen atoms in total. The molecule has 0 N–H and O–H groups in total. The van der Waals surface area contributed by atoms with Crippen LogP contribution in [-0.2, 0) is 0 Å².